The Bertz CT molecular complexity index is 901. The number of fused-ring (bicyclic) bond motifs is 1. The minimum Gasteiger partial charge on any atom is -0.487 e. The van der Waals surface area contributed by atoms with E-state index in [9.17, 15) is 13.5 Å². The van der Waals surface area contributed by atoms with Crippen LogP contribution in [0.15, 0.2) is 4.90 Å². The summed E-state index contributed by atoms with van der Waals surface area (Å²) in [5.74, 6) is 0.831. The van der Waals surface area contributed by atoms with E-state index in [1.54, 1.807) is 0 Å². The molecule has 2 aliphatic heterocycles. The highest BCUT2D eigenvalue weighted by Crippen LogP contribution is 2.42. The van der Waals surface area contributed by atoms with E-state index in [0.29, 0.717) is 29.1 Å². The Labute approximate surface area is 182 Å². The summed E-state index contributed by atoms with van der Waals surface area (Å²) in [7, 11) is -3.75. The third kappa shape index (κ3) is 4.54. The second-order valence-electron chi connectivity index (χ2n) is 9.85. The molecule has 170 valence electrons. The Hall–Kier alpha value is -1.15. The van der Waals surface area contributed by atoms with Crippen molar-refractivity contribution in [3.8, 4) is 5.75 Å². The smallest absolute Gasteiger partial charge is 0.241 e. The van der Waals surface area contributed by atoms with Crippen LogP contribution in [-0.2, 0) is 16.4 Å². The number of benzene rings is 1. The number of likely N-dealkylation sites (tertiary alicyclic amines) is 1. The molecule has 3 rings (SSSR count). The molecule has 1 saturated heterocycles. The molecule has 0 amide bonds. The van der Waals surface area contributed by atoms with Crippen LogP contribution in [0, 0.1) is 20.8 Å². The first-order valence-corrected chi connectivity index (χ1v) is 12.6. The van der Waals surface area contributed by atoms with Gasteiger partial charge in [0.05, 0.1) is 11.0 Å². The van der Waals surface area contributed by atoms with Crippen LogP contribution in [0.3, 0.4) is 0 Å². The van der Waals surface area contributed by atoms with Crippen molar-refractivity contribution in [3.05, 3.63) is 22.3 Å². The fourth-order valence-electron chi connectivity index (χ4n) is 4.95. The molecule has 6 nitrogen and oxygen atoms in total. The Morgan fingerprint density at radius 1 is 1.13 bits per heavy atom. The lowest BCUT2D eigenvalue weighted by atomic mass is 9.88. The number of hydrogen-bond donors (Lipinski definition) is 2. The van der Waals surface area contributed by atoms with E-state index in [1.165, 1.54) is 0 Å². The lowest BCUT2D eigenvalue weighted by Gasteiger charge is -2.35. The average Bonchev–Trinajstić information content (AvgIpc) is 2.96. The molecule has 1 aromatic carbocycles. The van der Waals surface area contributed by atoms with E-state index < -0.39 is 16.1 Å². The summed E-state index contributed by atoms with van der Waals surface area (Å²) < 4.78 is 35.3. The third-order valence-corrected chi connectivity index (χ3v) is 8.70. The van der Waals surface area contributed by atoms with Gasteiger partial charge < -0.3 is 9.84 Å². The standard InChI is InChI=1S/C23H38N2O4S/c1-14-8-9-15(2)25(14)13-19(26)12-24-30(27,28)22-17(4)16(3)21-20(18(22)5)10-11-23(6,7)29-21/h14-15,19,24,26H,8-13H2,1-7H3/t14?,15?,19-/m0/s1. The van der Waals surface area contributed by atoms with Crippen molar-refractivity contribution in [2.24, 2.45) is 0 Å². The molecule has 0 aliphatic carbocycles. The van der Waals surface area contributed by atoms with Crippen molar-refractivity contribution in [1.82, 2.24) is 9.62 Å². The molecule has 0 saturated carbocycles. The minimum atomic E-state index is -3.75. The normalized spacial score (nSPS) is 25.1. The molecule has 0 bridgehead atoms. The monoisotopic (exact) mass is 438 g/mol. The first-order valence-electron chi connectivity index (χ1n) is 11.1. The number of nitrogens with zero attached hydrogens (tertiary/aromatic N) is 1. The van der Waals surface area contributed by atoms with Crippen molar-refractivity contribution in [2.45, 2.75) is 103 Å². The van der Waals surface area contributed by atoms with Crippen LogP contribution < -0.4 is 9.46 Å². The summed E-state index contributed by atoms with van der Waals surface area (Å²) in [4.78, 5) is 2.59. The SMILES string of the molecule is Cc1c(C)c(S(=O)(=O)NC[C@H](O)CN2C(C)CCC2C)c(C)c2c1OC(C)(C)CC2. The van der Waals surface area contributed by atoms with Gasteiger partial charge in [0.25, 0.3) is 0 Å². The highest BCUT2D eigenvalue weighted by Gasteiger charge is 2.34. The van der Waals surface area contributed by atoms with Crippen LogP contribution >= 0.6 is 0 Å². The summed E-state index contributed by atoms with van der Waals surface area (Å²) in [5, 5.41) is 10.5. The van der Waals surface area contributed by atoms with Gasteiger partial charge in [0.15, 0.2) is 0 Å². The topological polar surface area (TPSA) is 78.9 Å². The molecule has 3 atom stereocenters. The van der Waals surface area contributed by atoms with Crippen LogP contribution in [0.1, 0.15) is 69.2 Å². The van der Waals surface area contributed by atoms with E-state index in [-0.39, 0.29) is 12.1 Å². The largest absolute Gasteiger partial charge is 0.487 e. The van der Waals surface area contributed by atoms with Gasteiger partial charge in [-0.1, -0.05) is 0 Å². The van der Waals surface area contributed by atoms with E-state index in [0.717, 1.165) is 48.1 Å². The predicted molar refractivity (Wildman–Crippen MR) is 120 cm³/mol. The van der Waals surface area contributed by atoms with Gasteiger partial charge in [0.1, 0.15) is 11.4 Å². The molecule has 0 radical (unpaired) electrons. The molecule has 2 aliphatic rings. The van der Waals surface area contributed by atoms with Crippen LogP contribution in [-0.4, -0.2) is 55.3 Å². The Balaban J connectivity index is 1.80. The summed E-state index contributed by atoms with van der Waals surface area (Å²) in [6.07, 6.45) is 3.13. The fourth-order valence-corrected chi connectivity index (χ4v) is 6.58. The van der Waals surface area contributed by atoms with Crippen LogP contribution in [0.25, 0.3) is 0 Å². The van der Waals surface area contributed by atoms with Gasteiger partial charge in [0.2, 0.25) is 10.0 Å². The lowest BCUT2D eigenvalue weighted by molar-refractivity contribution is 0.0831. The Morgan fingerprint density at radius 3 is 2.33 bits per heavy atom. The quantitative estimate of drug-likeness (QED) is 0.713. The second kappa shape index (κ2) is 8.41. The minimum absolute atomic E-state index is 0.0107. The van der Waals surface area contributed by atoms with Crippen molar-refractivity contribution in [3.63, 3.8) is 0 Å². The number of aliphatic hydroxyl groups excluding tert-OH is 1. The second-order valence-corrected chi connectivity index (χ2v) is 11.6. The van der Waals surface area contributed by atoms with Gasteiger partial charge in [-0.15, -0.1) is 0 Å². The highest BCUT2D eigenvalue weighted by molar-refractivity contribution is 7.89. The Kier molecular flexibility index (Phi) is 6.59. The number of sulfonamides is 1. The van der Waals surface area contributed by atoms with Crippen LogP contribution in [0.5, 0.6) is 5.75 Å². The van der Waals surface area contributed by atoms with E-state index in [4.69, 9.17) is 4.74 Å². The van der Waals surface area contributed by atoms with Crippen LogP contribution in [0.4, 0.5) is 0 Å². The maximum atomic E-state index is 13.2. The molecule has 2 N–H and O–H groups in total. The highest BCUT2D eigenvalue weighted by atomic mass is 32.2. The molecule has 1 aromatic rings. The molecule has 1 fully saturated rings. The molecule has 0 aromatic heterocycles. The molecular weight excluding hydrogens is 400 g/mol. The van der Waals surface area contributed by atoms with Gasteiger partial charge >= 0.3 is 0 Å². The first-order chi connectivity index (χ1) is 13.8. The number of hydrogen-bond acceptors (Lipinski definition) is 5. The summed E-state index contributed by atoms with van der Waals surface area (Å²) in [5.41, 5.74) is 3.09. The predicted octanol–water partition coefficient (Wildman–Crippen LogP) is 3.23. The number of ether oxygens (including phenoxy) is 1. The Morgan fingerprint density at radius 2 is 1.73 bits per heavy atom. The van der Waals surface area contributed by atoms with Gasteiger partial charge in [-0.3, -0.25) is 4.90 Å². The van der Waals surface area contributed by atoms with Gasteiger partial charge in [-0.2, -0.15) is 0 Å². The lowest BCUT2D eigenvalue weighted by Crippen LogP contribution is -2.43. The van der Waals surface area contributed by atoms with E-state index >= 15 is 0 Å². The number of rotatable bonds is 6. The van der Waals surface area contributed by atoms with Gasteiger partial charge in [-0.25, -0.2) is 13.1 Å². The number of nitrogens with one attached hydrogen (secondary N) is 1. The van der Waals surface area contributed by atoms with Crippen LogP contribution in [0.2, 0.25) is 0 Å². The fraction of sp³-hybridized carbons (Fsp3) is 0.739. The summed E-state index contributed by atoms with van der Waals surface area (Å²) >= 11 is 0. The summed E-state index contributed by atoms with van der Waals surface area (Å²) in [6, 6.07) is 0.839. The first kappa shape index (κ1) is 23.5. The van der Waals surface area contributed by atoms with Crippen molar-refractivity contribution in [1.29, 1.82) is 0 Å². The van der Waals surface area contributed by atoms with Gasteiger partial charge in [-0.05, 0) is 96.4 Å². The van der Waals surface area contributed by atoms with E-state index in [2.05, 4.69) is 37.3 Å². The molecule has 30 heavy (non-hydrogen) atoms. The van der Waals surface area contributed by atoms with Crippen molar-refractivity contribution in [2.75, 3.05) is 13.1 Å². The molecule has 2 heterocycles. The molecular formula is C23H38N2O4S. The zero-order valence-corrected chi connectivity index (χ0v) is 20.3. The molecule has 0 spiro atoms. The maximum absolute atomic E-state index is 13.2. The molecule has 2 unspecified atom stereocenters. The zero-order valence-electron chi connectivity index (χ0n) is 19.5. The number of aliphatic hydroxyl groups is 1. The maximum Gasteiger partial charge on any atom is 0.241 e. The van der Waals surface area contributed by atoms with E-state index in [1.807, 2.05) is 20.8 Å². The van der Waals surface area contributed by atoms with Crippen molar-refractivity contribution >= 4 is 10.0 Å². The molecule has 7 heteroatoms. The third-order valence-electron chi connectivity index (χ3n) is 7.00. The summed E-state index contributed by atoms with van der Waals surface area (Å²) in [6.45, 7) is 14.6. The zero-order chi connectivity index (χ0) is 22.4. The number of β-amino-alcohol motifs (C(OH)–C–C–N with tert-alkyl or cyclic N) is 1. The van der Waals surface area contributed by atoms with Crippen molar-refractivity contribution < 1.29 is 18.3 Å². The average molecular weight is 439 g/mol. The van der Waals surface area contributed by atoms with Gasteiger partial charge in [0, 0.05) is 25.2 Å².